The van der Waals surface area contributed by atoms with E-state index >= 15 is 0 Å². The lowest BCUT2D eigenvalue weighted by Gasteiger charge is -2.28. The molecule has 3 rings (SSSR count). The smallest absolute Gasteiger partial charge is 0.260 e. The Kier molecular flexibility index (Phi) is 4.06. The summed E-state index contributed by atoms with van der Waals surface area (Å²) < 4.78 is 0. The van der Waals surface area contributed by atoms with Gasteiger partial charge in [0.05, 0.1) is 6.42 Å². The Bertz CT molecular complexity index is 555. The molecule has 1 aromatic rings. The Morgan fingerprint density at radius 1 is 1.24 bits per heavy atom. The van der Waals surface area contributed by atoms with Crippen LogP contribution in [0.15, 0.2) is 24.3 Å². The molecule has 1 N–H and O–H groups in total. The fourth-order valence-corrected chi connectivity index (χ4v) is 3.68. The molecule has 1 aromatic carbocycles. The molecule has 2 aliphatic rings. The molecule has 1 aliphatic carbocycles. The maximum absolute atomic E-state index is 12.5. The van der Waals surface area contributed by atoms with E-state index in [1.165, 1.54) is 24.2 Å². The average molecular weight is 286 g/mol. The summed E-state index contributed by atoms with van der Waals surface area (Å²) in [6, 6.07) is 7.97. The second-order valence-corrected chi connectivity index (χ2v) is 6.06. The maximum Gasteiger partial charge on any atom is 0.260 e. The zero-order valence-corrected chi connectivity index (χ0v) is 12.5. The summed E-state index contributed by atoms with van der Waals surface area (Å²) in [6.07, 6.45) is 4.89. The van der Waals surface area contributed by atoms with Crippen LogP contribution < -0.4 is 5.32 Å². The normalized spacial score (nSPS) is 25.3. The number of imide groups is 1. The third kappa shape index (κ3) is 2.72. The zero-order chi connectivity index (χ0) is 14.8. The molecule has 0 spiro atoms. The van der Waals surface area contributed by atoms with Crippen molar-refractivity contribution in [2.75, 3.05) is 13.6 Å². The van der Waals surface area contributed by atoms with Crippen LogP contribution in [0.4, 0.5) is 0 Å². The van der Waals surface area contributed by atoms with Crippen LogP contribution >= 0.6 is 0 Å². The summed E-state index contributed by atoms with van der Waals surface area (Å²) in [5.74, 6) is 0.395. The minimum Gasteiger partial charge on any atom is -0.317 e. The van der Waals surface area contributed by atoms with Gasteiger partial charge in [0.1, 0.15) is 0 Å². The lowest BCUT2D eigenvalue weighted by Crippen LogP contribution is -2.44. The van der Waals surface area contributed by atoms with Crippen LogP contribution in [0.5, 0.6) is 0 Å². The predicted octanol–water partition coefficient (Wildman–Crippen LogP) is 1.99. The van der Waals surface area contributed by atoms with Crippen LogP contribution in [-0.2, 0) is 11.2 Å². The first-order valence-electron chi connectivity index (χ1n) is 7.80. The monoisotopic (exact) mass is 286 g/mol. The molecular formula is C17H22N2O2. The van der Waals surface area contributed by atoms with E-state index in [0.717, 1.165) is 12.0 Å². The first-order chi connectivity index (χ1) is 10.2. The molecule has 1 aliphatic heterocycles. The first-order valence-corrected chi connectivity index (χ1v) is 7.80. The number of benzene rings is 1. The minimum absolute atomic E-state index is 0.0577. The number of nitrogens with zero attached hydrogens (tertiary/aromatic N) is 1. The lowest BCUT2D eigenvalue weighted by molar-refractivity contribution is -0.128. The van der Waals surface area contributed by atoms with E-state index in [-0.39, 0.29) is 11.8 Å². The van der Waals surface area contributed by atoms with Gasteiger partial charge in [0.25, 0.3) is 5.91 Å². The highest BCUT2D eigenvalue weighted by Gasteiger charge is 2.32. The van der Waals surface area contributed by atoms with Gasteiger partial charge in [-0.3, -0.25) is 14.5 Å². The number of carbonyl (C=O) groups excluding carboxylic acids is 2. The van der Waals surface area contributed by atoms with E-state index in [1.54, 1.807) is 0 Å². The van der Waals surface area contributed by atoms with E-state index in [4.69, 9.17) is 0 Å². The van der Waals surface area contributed by atoms with E-state index in [1.807, 2.05) is 31.3 Å². The van der Waals surface area contributed by atoms with Crippen molar-refractivity contribution in [1.29, 1.82) is 0 Å². The Hall–Kier alpha value is -1.68. The van der Waals surface area contributed by atoms with E-state index in [0.29, 0.717) is 30.5 Å². The van der Waals surface area contributed by atoms with Gasteiger partial charge in [-0.1, -0.05) is 24.6 Å². The molecule has 0 aromatic heterocycles. The SMILES string of the molecule is CNC1CCCC1CCN1C(=O)Cc2ccccc2C1=O. The summed E-state index contributed by atoms with van der Waals surface area (Å²) >= 11 is 0. The van der Waals surface area contributed by atoms with Gasteiger partial charge in [-0.05, 0) is 43.9 Å². The fraction of sp³-hybridized carbons (Fsp3) is 0.529. The third-order valence-corrected chi connectivity index (χ3v) is 4.89. The van der Waals surface area contributed by atoms with E-state index in [2.05, 4.69) is 5.32 Å². The molecule has 21 heavy (non-hydrogen) atoms. The van der Waals surface area contributed by atoms with Crippen LogP contribution in [0.1, 0.15) is 41.6 Å². The first kappa shape index (κ1) is 14.3. The quantitative estimate of drug-likeness (QED) is 0.861. The van der Waals surface area contributed by atoms with Gasteiger partial charge in [-0.15, -0.1) is 0 Å². The van der Waals surface area contributed by atoms with Gasteiger partial charge in [-0.25, -0.2) is 0 Å². The van der Waals surface area contributed by atoms with Crippen molar-refractivity contribution < 1.29 is 9.59 Å². The molecule has 4 nitrogen and oxygen atoms in total. The average Bonchev–Trinajstić information content (AvgIpc) is 2.94. The van der Waals surface area contributed by atoms with Crippen LogP contribution in [0.25, 0.3) is 0 Å². The number of amides is 2. The van der Waals surface area contributed by atoms with E-state index in [9.17, 15) is 9.59 Å². The molecule has 2 unspecified atom stereocenters. The molecule has 1 heterocycles. The van der Waals surface area contributed by atoms with Crippen molar-refractivity contribution in [2.45, 2.75) is 38.1 Å². The largest absolute Gasteiger partial charge is 0.317 e. The Labute approximate surface area is 125 Å². The van der Waals surface area contributed by atoms with Crippen molar-refractivity contribution in [3.8, 4) is 0 Å². The maximum atomic E-state index is 12.5. The number of rotatable bonds is 4. The molecule has 2 atom stereocenters. The molecule has 0 saturated heterocycles. The Morgan fingerprint density at radius 2 is 2.05 bits per heavy atom. The summed E-state index contributed by atoms with van der Waals surface area (Å²) in [5.41, 5.74) is 1.55. The van der Waals surface area contributed by atoms with Gasteiger partial charge in [-0.2, -0.15) is 0 Å². The number of fused-ring (bicyclic) bond motifs is 1. The van der Waals surface area contributed by atoms with Crippen molar-refractivity contribution in [2.24, 2.45) is 5.92 Å². The van der Waals surface area contributed by atoms with Crippen LogP contribution in [-0.4, -0.2) is 36.3 Å². The van der Waals surface area contributed by atoms with Gasteiger partial charge < -0.3 is 5.32 Å². The third-order valence-electron chi connectivity index (χ3n) is 4.89. The lowest BCUT2D eigenvalue weighted by atomic mass is 9.96. The van der Waals surface area contributed by atoms with Crippen molar-refractivity contribution in [3.05, 3.63) is 35.4 Å². The molecule has 2 amide bonds. The van der Waals surface area contributed by atoms with Crippen LogP contribution in [0.2, 0.25) is 0 Å². The second-order valence-electron chi connectivity index (χ2n) is 6.06. The van der Waals surface area contributed by atoms with Gasteiger partial charge in [0, 0.05) is 18.2 Å². The fourth-order valence-electron chi connectivity index (χ4n) is 3.68. The van der Waals surface area contributed by atoms with Gasteiger partial charge >= 0.3 is 0 Å². The minimum atomic E-state index is -0.124. The van der Waals surface area contributed by atoms with Crippen LogP contribution in [0.3, 0.4) is 0 Å². The molecule has 0 bridgehead atoms. The standard InChI is InChI=1S/C17H22N2O2/c1-18-15-8-4-6-12(15)9-10-19-16(20)11-13-5-2-3-7-14(13)17(19)21/h2-3,5,7,12,15,18H,4,6,8-11H2,1H3. The molecule has 112 valence electrons. The highest BCUT2D eigenvalue weighted by Crippen LogP contribution is 2.29. The zero-order valence-electron chi connectivity index (χ0n) is 12.5. The van der Waals surface area contributed by atoms with Crippen molar-refractivity contribution in [1.82, 2.24) is 10.2 Å². The summed E-state index contributed by atoms with van der Waals surface area (Å²) in [5, 5.41) is 3.35. The molecule has 4 heteroatoms. The predicted molar refractivity (Wildman–Crippen MR) is 81.0 cm³/mol. The molecule has 1 saturated carbocycles. The Morgan fingerprint density at radius 3 is 2.86 bits per heavy atom. The van der Waals surface area contributed by atoms with Crippen molar-refractivity contribution in [3.63, 3.8) is 0 Å². The summed E-state index contributed by atoms with van der Waals surface area (Å²) in [7, 11) is 2.00. The van der Waals surface area contributed by atoms with Gasteiger partial charge in [0.15, 0.2) is 0 Å². The van der Waals surface area contributed by atoms with E-state index < -0.39 is 0 Å². The van der Waals surface area contributed by atoms with Crippen molar-refractivity contribution >= 4 is 11.8 Å². The van der Waals surface area contributed by atoms with Gasteiger partial charge in [0.2, 0.25) is 5.91 Å². The molecule has 1 fully saturated rings. The topological polar surface area (TPSA) is 49.4 Å². The number of hydrogen-bond acceptors (Lipinski definition) is 3. The number of carbonyl (C=O) groups is 2. The highest BCUT2D eigenvalue weighted by molar-refractivity contribution is 6.09. The molecular weight excluding hydrogens is 264 g/mol. The summed E-state index contributed by atoms with van der Waals surface area (Å²) in [6.45, 7) is 0.550. The summed E-state index contributed by atoms with van der Waals surface area (Å²) in [4.78, 5) is 26.1. The molecule has 0 radical (unpaired) electrons. The Balaban J connectivity index is 1.69. The number of hydrogen-bond donors (Lipinski definition) is 1. The van der Waals surface area contributed by atoms with Crippen LogP contribution in [0, 0.1) is 5.92 Å². The number of nitrogens with one attached hydrogen (secondary N) is 1. The highest BCUT2D eigenvalue weighted by atomic mass is 16.2. The second kappa shape index (κ2) is 5.98.